The molecule has 0 aliphatic heterocycles. The molecule has 5 N–H and O–H groups in total. The van der Waals surface area contributed by atoms with Crippen LogP contribution < -0.4 is 0 Å². The van der Waals surface area contributed by atoms with E-state index >= 15 is 0 Å². The van der Waals surface area contributed by atoms with Gasteiger partial charge in [-0.1, -0.05) is 0 Å². The molecule has 0 saturated heterocycles. The Labute approximate surface area is 135 Å². The Kier molecular flexibility index (Phi) is 4.58. The van der Waals surface area contributed by atoms with E-state index in [0.717, 1.165) is 23.1 Å². The second-order valence-electron chi connectivity index (χ2n) is 5.31. The fourth-order valence-electron chi connectivity index (χ4n) is 2.31. The largest absolute Gasteiger partial charge is 0.508 e. The van der Waals surface area contributed by atoms with Crippen molar-refractivity contribution in [2.24, 2.45) is 0 Å². The molecule has 1 aliphatic carbocycles. The number of phenols is 2. The number of aromatic hydroxyl groups is 2. The third-order valence-electron chi connectivity index (χ3n) is 3.67. The minimum Gasteiger partial charge on any atom is -0.508 e. The number of phenolic OH excluding ortho intramolecular Hbond substituents is 1. The molecular formula is C15H15NO8. The molecule has 0 fully saturated rings. The minimum atomic E-state index is -1.58. The Balaban J connectivity index is 2.41. The van der Waals surface area contributed by atoms with Gasteiger partial charge in [0.2, 0.25) is 0 Å². The summed E-state index contributed by atoms with van der Waals surface area (Å²) in [5.74, 6) is -4.58. The minimum absolute atomic E-state index is 0.0717. The lowest BCUT2D eigenvalue weighted by molar-refractivity contribution is -0.129. The van der Waals surface area contributed by atoms with Gasteiger partial charge in [0.1, 0.15) is 23.2 Å². The summed E-state index contributed by atoms with van der Waals surface area (Å²) in [5, 5.41) is 47.5. The van der Waals surface area contributed by atoms with Crippen LogP contribution >= 0.6 is 0 Å². The first kappa shape index (κ1) is 17.4. The molecule has 0 heterocycles. The maximum Gasteiger partial charge on any atom is 0.339 e. The van der Waals surface area contributed by atoms with Gasteiger partial charge in [-0.2, -0.15) is 0 Å². The fourth-order valence-corrected chi connectivity index (χ4v) is 2.31. The number of aliphatic hydroxyl groups is 2. The Bertz CT molecular complexity index is 754. The van der Waals surface area contributed by atoms with Crippen LogP contribution in [0.25, 0.3) is 0 Å². The summed E-state index contributed by atoms with van der Waals surface area (Å²) >= 11 is 0. The molecule has 2 unspecified atom stereocenters. The maximum atomic E-state index is 12.5. The quantitative estimate of drug-likeness (QED) is 0.460. The number of hydrogen-bond donors (Lipinski definition) is 5. The van der Waals surface area contributed by atoms with E-state index in [4.69, 9.17) is 5.11 Å². The second-order valence-corrected chi connectivity index (χ2v) is 5.31. The predicted octanol–water partition coefficient (Wildman–Crippen LogP) is -0.554. The smallest absolute Gasteiger partial charge is 0.339 e. The van der Waals surface area contributed by atoms with Gasteiger partial charge in [0, 0.05) is 25.2 Å². The van der Waals surface area contributed by atoms with Crippen molar-refractivity contribution >= 4 is 17.7 Å². The Hall–Kier alpha value is -2.91. The second kappa shape index (κ2) is 6.30. The van der Waals surface area contributed by atoms with Crippen LogP contribution in [0.3, 0.4) is 0 Å². The number of aromatic carboxylic acids is 1. The molecule has 0 saturated carbocycles. The van der Waals surface area contributed by atoms with E-state index in [1.165, 1.54) is 7.05 Å². The zero-order valence-electron chi connectivity index (χ0n) is 12.5. The third kappa shape index (κ3) is 3.07. The third-order valence-corrected chi connectivity index (χ3v) is 3.67. The van der Waals surface area contributed by atoms with E-state index in [-0.39, 0.29) is 12.1 Å². The number of aliphatic hydroxyl groups excluding tert-OH is 2. The highest BCUT2D eigenvalue weighted by Gasteiger charge is 2.32. The average Bonchev–Trinajstić information content (AvgIpc) is 2.52. The van der Waals surface area contributed by atoms with Crippen molar-refractivity contribution in [3.05, 3.63) is 35.0 Å². The highest BCUT2D eigenvalue weighted by atomic mass is 16.4. The number of carboxylic acid groups (broad SMARTS) is 1. The molecule has 1 amide bonds. The normalized spacial score (nSPS) is 20.5. The van der Waals surface area contributed by atoms with E-state index in [9.17, 15) is 34.8 Å². The van der Waals surface area contributed by atoms with E-state index in [2.05, 4.69) is 0 Å². The first-order valence-electron chi connectivity index (χ1n) is 6.81. The fraction of sp³-hybridized carbons (Fsp3) is 0.267. The van der Waals surface area contributed by atoms with E-state index < -0.39 is 52.5 Å². The Morgan fingerprint density at radius 3 is 2.29 bits per heavy atom. The molecule has 9 nitrogen and oxygen atoms in total. The first-order chi connectivity index (χ1) is 11.1. The van der Waals surface area contributed by atoms with Crippen molar-refractivity contribution in [1.29, 1.82) is 0 Å². The summed E-state index contributed by atoms with van der Waals surface area (Å²) in [7, 11) is 1.25. The van der Waals surface area contributed by atoms with Crippen LogP contribution in [0.4, 0.5) is 0 Å². The van der Waals surface area contributed by atoms with Gasteiger partial charge in [0.15, 0.2) is 5.78 Å². The van der Waals surface area contributed by atoms with Gasteiger partial charge in [-0.25, -0.2) is 4.79 Å². The maximum absolute atomic E-state index is 12.5. The zero-order valence-corrected chi connectivity index (χ0v) is 12.5. The Morgan fingerprint density at radius 2 is 1.75 bits per heavy atom. The number of carbonyl (C=O) groups is 3. The van der Waals surface area contributed by atoms with Crippen LogP contribution in [0.15, 0.2) is 23.9 Å². The van der Waals surface area contributed by atoms with Crippen molar-refractivity contribution in [2.75, 3.05) is 7.05 Å². The van der Waals surface area contributed by atoms with Gasteiger partial charge in [0.25, 0.3) is 5.91 Å². The SMILES string of the molecule is CN(C(=O)c1cc(O)cc(C(=O)O)c1O)C1=CC(=O)C(O)C(O)C1. The van der Waals surface area contributed by atoms with Crippen molar-refractivity contribution in [2.45, 2.75) is 18.6 Å². The molecule has 1 aliphatic rings. The summed E-state index contributed by atoms with van der Waals surface area (Å²) in [6.45, 7) is 0. The average molecular weight is 337 g/mol. The molecule has 9 heteroatoms. The number of nitrogens with zero attached hydrogens (tertiary/aromatic N) is 1. The lowest BCUT2D eigenvalue weighted by Crippen LogP contribution is -2.40. The monoisotopic (exact) mass is 337 g/mol. The van der Waals surface area contributed by atoms with Crippen molar-refractivity contribution in [1.82, 2.24) is 4.90 Å². The van der Waals surface area contributed by atoms with Gasteiger partial charge >= 0.3 is 5.97 Å². The number of carboxylic acids is 1. The van der Waals surface area contributed by atoms with Crippen molar-refractivity contribution in [3.8, 4) is 11.5 Å². The topological polar surface area (TPSA) is 156 Å². The van der Waals surface area contributed by atoms with Crippen LogP contribution in [0, 0.1) is 0 Å². The molecule has 2 rings (SSSR count). The van der Waals surface area contributed by atoms with Crippen molar-refractivity contribution < 1.29 is 39.9 Å². The van der Waals surface area contributed by atoms with Gasteiger partial charge in [-0.3, -0.25) is 9.59 Å². The molecular weight excluding hydrogens is 322 g/mol. The number of benzene rings is 1. The van der Waals surface area contributed by atoms with Gasteiger partial charge in [0.05, 0.1) is 11.7 Å². The number of carbonyl (C=O) groups excluding carboxylic acids is 2. The summed E-state index contributed by atoms with van der Waals surface area (Å²) in [4.78, 5) is 36.0. The molecule has 0 radical (unpaired) electrons. The first-order valence-corrected chi connectivity index (χ1v) is 6.81. The highest BCUT2D eigenvalue weighted by Crippen LogP contribution is 2.30. The van der Waals surface area contributed by atoms with Crippen LogP contribution in [0.1, 0.15) is 27.1 Å². The molecule has 0 aromatic heterocycles. The Morgan fingerprint density at radius 1 is 1.17 bits per heavy atom. The number of amides is 1. The van der Waals surface area contributed by atoms with Crippen LogP contribution in [-0.4, -0.2) is 67.3 Å². The van der Waals surface area contributed by atoms with Gasteiger partial charge < -0.3 is 30.4 Å². The lowest BCUT2D eigenvalue weighted by Gasteiger charge is -2.28. The predicted molar refractivity (Wildman–Crippen MR) is 78.5 cm³/mol. The summed E-state index contributed by atoms with van der Waals surface area (Å²) in [6.07, 6.45) is -2.18. The molecule has 1 aromatic rings. The number of hydrogen-bond acceptors (Lipinski definition) is 7. The standard InChI is InChI=1S/C15H15NO8/c1-16(6-2-10(18)13(21)11(19)3-6)14(22)8-4-7(17)5-9(12(8)20)15(23)24/h2,4-5,11,13,17,19-21H,3H2,1H3,(H,23,24). The summed E-state index contributed by atoms with van der Waals surface area (Å²) in [5.41, 5.74) is -1.07. The highest BCUT2D eigenvalue weighted by molar-refractivity contribution is 6.03. The molecule has 1 aromatic carbocycles. The number of rotatable bonds is 3. The van der Waals surface area contributed by atoms with Crippen molar-refractivity contribution in [3.63, 3.8) is 0 Å². The van der Waals surface area contributed by atoms with E-state index in [1.807, 2.05) is 0 Å². The summed E-state index contributed by atoms with van der Waals surface area (Å²) in [6, 6.07) is 1.68. The molecule has 0 spiro atoms. The van der Waals surface area contributed by atoms with Crippen LogP contribution in [0.2, 0.25) is 0 Å². The van der Waals surface area contributed by atoms with E-state index in [1.54, 1.807) is 0 Å². The zero-order chi connectivity index (χ0) is 18.2. The summed E-state index contributed by atoms with van der Waals surface area (Å²) < 4.78 is 0. The molecule has 128 valence electrons. The number of ketones is 1. The van der Waals surface area contributed by atoms with Gasteiger partial charge in [-0.15, -0.1) is 0 Å². The van der Waals surface area contributed by atoms with Crippen LogP contribution in [-0.2, 0) is 4.79 Å². The molecule has 2 atom stereocenters. The van der Waals surface area contributed by atoms with E-state index in [0.29, 0.717) is 0 Å². The molecule has 0 bridgehead atoms. The molecule has 24 heavy (non-hydrogen) atoms. The van der Waals surface area contributed by atoms with Gasteiger partial charge in [-0.05, 0) is 12.1 Å². The van der Waals surface area contributed by atoms with Crippen LogP contribution in [0.5, 0.6) is 11.5 Å². The lowest BCUT2D eigenvalue weighted by atomic mass is 9.96.